The molecule has 0 aliphatic carbocycles. The molecule has 0 saturated carbocycles. The van der Waals surface area contributed by atoms with Crippen LogP contribution in [0.5, 0.6) is 0 Å². The molecule has 0 fully saturated rings. The quantitative estimate of drug-likeness (QED) is 0.587. The van der Waals surface area contributed by atoms with E-state index in [-0.39, 0.29) is 11.6 Å². The fraction of sp³-hybridized carbons (Fsp3) is 0.105. The molecule has 0 spiro atoms. The second kappa shape index (κ2) is 7.20. The molecule has 134 valence electrons. The SMILES string of the molecule is Cc1nc(-c2ccccc2NC(=O)c2cn(Cc3ccccc3)nn2)no1. The van der Waals surface area contributed by atoms with Gasteiger partial charge in [-0.15, -0.1) is 5.10 Å². The van der Waals surface area contributed by atoms with E-state index in [1.807, 2.05) is 48.5 Å². The molecule has 0 radical (unpaired) electrons. The Balaban J connectivity index is 1.52. The van der Waals surface area contributed by atoms with Crippen LogP contribution in [0.4, 0.5) is 5.69 Å². The molecule has 2 aromatic carbocycles. The van der Waals surface area contributed by atoms with Crippen molar-refractivity contribution in [3.05, 3.63) is 77.9 Å². The van der Waals surface area contributed by atoms with Crippen molar-refractivity contribution in [2.45, 2.75) is 13.5 Å². The van der Waals surface area contributed by atoms with E-state index >= 15 is 0 Å². The molecule has 0 saturated heterocycles. The van der Waals surface area contributed by atoms with E-state index < -0.39 is 0 Å². The van der Waals surface area contributed by atoms with Crippen LogP contribution >= 0.6 is 0 Å². The number of rotatable bonds is 5. The number of nitrogens with one attached hydrogen (secondary N) is 1. The van der Waals surface area contributed by atoms with Crippen LogP contribution in [0.15, 0.2) is 65.3 Å². The Kier molecular flexibility index (Phi) is 4.44. The van der Waals surface area contributed by atoms with E-state index in [1.165, 1.54) is 0 Å². The molecule has 0 atom stereocenters. The van der Waals surface area contributed by atoms with E-state index in [4.69, 9.17) is 4.52 Å². The van der Waals surface area contributed by atoms with Crippen LogP contribution in [-0.4, -0.2) is 31.0 Å². The molecule has 8 nitrogen and oxygen atoms in total. The molecular formula is C19H16N6O2. The minimum atomic E-state index is -0.359. The van der Waals surface area contributed by atoms with Gasteiger partial charge in [0.25, 0.3) is 5.91 Å². The van der Waals surface area contributed by atoms with Crippen LogP contribution in [0.25, 0.3) is 11.4 Å². The van der Waals surface area contributed by atoms with Crippen molar-refractivity contribution in [1.29, 1.82) is 0 Å². The summed E-state index contributed by atoms with van der Waals surface area (Å²) in [5.41, 5.74) is 2.54. The summed E-state index contributed by atoms with van der Waals surface area (Å²) in [5, 5.41) is 14.7. The topological polar surface area (TPSA) is 98.7 Å². The van der Waals surface area contributed by atoms with Crippen LogP contribution in [0.2, 0.25) is 0 Å². The molecule has 27 heavy (non-hydrogen) atoms. The Morgan fingerprint density at radius 3 is 2.67 bits per heavy atom. The monoisotopic (exact) mass is 360 g/mol. The number of hydrogen-bond donors (Lipinski definition) is 1. The van der Waals surface area contributed by atoms with Gasteiger partial charge in [0.2, 0.25) is 11.7 Å². The van der Waals surface area contributed by atoms with Gasteiger partial charge in [0, 0.05) is 12.5 Å². The zero-order chi connectivity index (χ0) is 18.6. The first-order valence-electron chi connectivity index (χ1n) is 8.34. The highest BCUT2D eigenvalue weighted by atomic mass is 16.5. The average Bonchev–Trinajstić information content (AvgIpc) is 3.32. The van der Waals surface area contributed by atoms with Crippen LogP contribution in [-0.2, 0) is 6.54 Å². The number of aryl methyl sites for hydroxylation is 1. The van der Waals surface area contributed by atoms with E-state index in [0.29, 0.717) is 29.5 Å². The summed E-state index contributed by atoms with van der Waals surface area (Å²) in [6.45, 7) is 2.25. The maximum absolute atomic E-state index is 12.6. The summed E-state index contributed by atoms with van der Waals surface area (Å²) >= 11 is 0. The number of benzene rings is 2. The van der Waals surface area contributed by atoms with Gasteiger partial charge in [-0.2, -0.15) is 4.98 Å². The van der Waals surface area contributed by atoms with Crippen molar-refractivity contribution in [2.75, 3.05) is 5.32 Å². The van der Waals surface area contributed by atoms with Crippen molar-refractivity contribution >= 4 is 11.6 Å². The maximum atomic E-state index is 12.6. The van der Waals surface area contributed by atoms with Gasteiger partial charge < -0.3 is 9.84 Å². The minimum absolute atomic E-state index is 0.227. The number of para-hydroxylation sites is 1. The predicted molar refractivity (Wildman–Crippen MR) is 98.0 cm³/mol. The lowest BCUT2D eigenvalue weighted by Gasteiger charge is -2.06. The van der Waals surface area contributed by atoms with Crippen LogP contribution < -0.4 is 5.32 Å². The fourth-order valence-electron chi connectivity index (χ4n) is 2.63. The van der Waals surface area contributed by atoms with E-state index in [9.17, 15) is 4.79 Å². The molecule has 1 N–H and O–H groups in total. The first-order chi connectivity index (χ1) is 13.2. The second-order valence-electron chi connectivity index (χ2n) is 5.92. The standard InChI is InChI=1S/C19H16N6O2/c1-13-20-18(23-27-13)15-9-5-6-10-16(15)21-19(26)17-12-25(24-22-17)11-14-7-3-2-4-8-14/h2-10,12H,11H2,1H3,(H,21,26). The molecule has 0 aliphatic heterocycles. The number of nitrogens with zero attached hydrogens (tertiary/aromatic N) is 5. The number of hydrogen-bond acceptors (Lipinski definition) is 6. The number of amides is 1. The van der Waals surface area contributed by atoms with Crippen LogP contribution in [0.3, 0.4) is 0 Å². The maximum Gasteiger partial charge on any atom is 0.277 e. The normalized spacial score (nSPS) is 10.7. The summed E-state index contributed by atoms with van der Waals surface area (Å²) in [6.07, 6.45) is 1.61. The summed E-state index contributed by atoms with van der Waals surface area (Å²) < 4.78 is 6.65. The van der Waals surface area contributed by atoms with Crippen molar-refractivity contribution in [2.24, 2.45) is 0 Å². The summed E-state index contributed by atoms with van der Waals surface area (Å²) in [6, 6.07) is 17.1. The lowest BCUT2D eigenvalue weighted by molar-refractivity contribution is 0.102. The summed E-state index contributed by atoms with van der Waals surface area (Å²) in [7, 11) is 0. The Hall–Kier alpha value is -3.81. The van der Waals surface area contributed by atoms with Crippen LogP contribution in [0.1, 0.15) is 21.9 Å². The molecule has 0 aliphatic rings. The Morgan fingerprint density at radius 1 is 1.11 bits per heavy atom. The molecule has 2 heterocycles. The van der Waals surface area contributed by atoms with Crippen molar-refractivity contribution in [3.8, 4) is 11.4 Å². The third-order valence-electron chi connectivity index (χ3n) is 3.90. The Bertz CT molecular complexity index is 1070. The van der Waals surface area contributed by atoms with E-state index in [0.717, 1.165) is 5.56 Å². The molecule has 0 bridgehead atoms. The van der Waals surface area contributed by atoms with E-state index in [2.05, 4.69) is 25.8 Å². The van der Waals surface area contributed by atoms with Gasteiger partial charge >= 0.3 is 0 Å². The smallest absolute Gasteiger partial charge is 0.277 e. The predicted octanol–water partition coefficient (Wildman–Crippen LogP) is 2.94. The van der Waals surface area contributed by atoms with Gasteiger partial charge in [-0.3, -0.25) is 4.79 Å². The van der Waals surface area contributed by atoms with Gasteiger partial charge in [-0.05, 0) is 17.7 Å². The average molecular weight is 360 g/mol. The summed E-state index contributed by atoms with van der Waals surface area (Å²) in [5.74, 6) is 0.507. The first-order valence-corrected chi connectivity index (χ1v) is 8.34. The number of anilines is 1. The third-order valence-corrected chi connectivity index (χ3v) is 3.90. The fourth-order valence-corrected chi connectivity index (χ4v) is 2.63. The molecule has 2 aromatic heterocycles. The lowest BCUT2D eigenvalue weighted by atomic mass is 10.1. The van der Waals surface area contributed by atoms with Gasteiger partial charge in [-0.25, -0.2) is 4.68 Å². The summed E-state index contributed by atoms with van der Waals surface area (Å²) in [4.78, 5) is 16.8. The molecule has 4 rings (SSSR count). The van der Waals surface area contributed by atoms with Crippen LogP contribution in [0, 0.1) is 6.92 Å². The molecule has 4 aromatic rings. The van der Waals surface area contributed by atoms with Gasteiger partial charge in [0.1, 0.15) is 0 Å². The van der Waals surface area contributed by atoms with Gasteiger partial charge in [0.05, 0.1) is 18.4 Å². The largest absolute Gasteiger partial charge is 0.339 e. The molecule has 8 heteroatoms. The minimum Gasteiger partial charge on any atom is -0.339 e. The molecule has 0 unspecified atom stereocenters. The zero-order valence-electron chi connectivity index (χ0n) is 14.5. The van der Waals surface area contributed by atoms with Gasteiger partial charge in [0.15, 0.2) is 5.69 Å². The van der Waals surface area contributed by atoms with Crippen molar-refractivity contribution < 1.29 is 9.32 Å². The lowest BCUT2D eigenvalue weighted by Crippen LogP contribution is -2.13. The van der Waals surface area contributed by atoms with Crippen molar-refractivity contribution in [1.82, 2.24) is 25.1 Å². The number of carbonyl (C=O) groups excluding carboxylic acids is 1. The number of carbonyl (C=O) groups is 1. The van der Waals surface area contributed by atoms with E-state index in [1.54, 1.807) is 23.9 Å². The highest BCUT2D eigenvalue weighted by molar-refractivity contribution is 6.04. The Labute approximate surface area is 154 Å². The third kappa shape index (κ3) is 3.74. The highest BCUT2D eigenvalue weighted by Crippen LogP contribution is 2.25. The highest BCUT2D eigenvalue weighted by Gasteiger charge is 2.16. The molecular weight excluding hydrogens is 344 g/mol. The zero-order valence-corrected chi connectivity index (χ0v) is 14.5. The first kappa shape index (κ1) is 16.6. The molecule has 1 amide bonds. The van der Waals surface area contributed by atoms with Crippen molar-refractivity contribution in [3.63, 3.8) is 0 Å². The number of aromatic nitrogens is 5. The van der Waals surface area contributed by atoms with Gasteiger partial charge in [-0.1, -0.05) is 52.8 Å². The Morgan fingerprint density at radius 2 is 1.89 bits per heavy atom. The second-order valence-corrected chi connectivity index (χ2v) is 5.92.